The Morgan fingerprint density at radius 2 is 2.25 bits per heavy atom. The van der Waals surface area contributed by atoms with Crippen molar-refractivity contribution in [1.82, 2.24) is 4.98 Å². The Hall–Kier alpha value is -1.75. The molecule has 86 valence electrons. The van der Waals surface area contributed by atoms with Crippen LogP contribution >= 0.6 is 0 Å². The molecule has 0 radical (unpaired) electrons. The van der Waals surface area contributed by atoms with Crippen LogP contribution < -0.4 is 16.8 Å². The van der Waals surface area contributed by atoms with Crippen LogP contribution in [-0.4, -0.2) is 17.1 Å². The van der Waals surface area contributed by atoms with Crippen LogP contribution in [0, 0.1) is 0 Å². The Morgan fingerprint density at radius 3 is 2.94 bits per heavy atom. The molecule has 1 heterocycles. The summed E-state index contributed by atoms with van der Waals surface area (Å²) in [5, 5.41) is 3.19. The molecule has 2 rings (SSSR count). The van der Waals surface area contributed by atoms with Gasteiger partial charge >= 0.3 is 5.76 Å². The van der Waals surface area contributed by atoms with Crippen molar-refractivity contribution in [3.8, 4) is 0 Å². The highest BCUT2D eigenvalue weighted by molar-refractivity contribution is 5.76. The van der Waals surface area contributed by atoms with Crippen molar-refractivity contribution in [2.45, 2.75) is 19.4 Å². The van der Waals surface area contributed by atoms with Crippen molar-refractivity contribution in [2.24, 2.45) is 5.73 Å². The minimum Gasteiger partial charge on any atom is -0.408 e. The summed E-state index contributed by atoms with van der Waals surface area (Å²) in [5.74, 6) is -0.439. The van der Waals surface area contributed by atoms with Crippen LogP contribution in [0.5, 0.6) is 0 Å². The average molecular weight is 221 g/mol. The zero-order chi connectivity index (χ0) is 11.8. The highest BCUT2D eigenvalue weighted by atomic mass is 16.4. The van der Waals surface area contributed by atoms with Gasteiger partial charge in [-0.2, -0.15) is 0 Å². The van der Waals surface area contributed by atoms with Gasteiger partial charge in [-0.1, -0.05) is 0 Å². The molecule has 16 heavy (non-hydrogen) atoms. The van der Waals surface area contributed by atoms with E-state index in [4.69, 9.17) is 10.2 Å². The normalized spacial score (nSPS) is 11.9. The number of nitrogens with one attached hydrogen (secondary N) is 2. The molecule has 0 unspecified atom stereocenters. The lowest BCUT2D eigenvalue weighted by Crippen LogP contribution is -2.39. The summed E-state index contributed by atoms with van der Waals surface area (Å²) in [4.78, 5) is 13.5. The van der Waals surface area contributed by atoms with Gasteiger partial charge in [-0.3, -0.25) is 4.98 Å². The molecule has 0 spiro atoms. The highest BCUT2D eigenvalue weighted by Crippen LogP contribution is 2.16. The van der Waals surface area contributed by atoms with E-state index in [1.54, 1.807) is 12.1 Å². The van der Waals surface area contributed by atoms with E-state index in [0.29, 0.717) is 17.6 Å². The van der Waals surface area contributed by atoms with E-state index in [0.717, 1.165) is 5.69 Å². The Balaban J connectivity index is 2.22. The van der Waals surface area contributed by atoms with E-state index in [1.807, 2.05) is 19.9 Å². The third-order valence-corrected chi connectivity index (χ3v) is 2.17. The molecular weight excluding hydrogens is 206 g/mol. The summed E-state index contributed by atoms with van der Waals surface area (Å²) in [7, 11) is 0. The molecule has 0 aliphatic carbocycles. The highest BCUT2D eigenvalue weighted by Gasteiger charge is 2.10. The molecule has 0 atom stereocenters. The summed E-state index contributed by atoms with van der Waals surface area (Å²) >= 11 is 0. The molecule has 1 aromatic carbocycles. The van der Waals surface area contributed by atoms with Crippen molar-refractivity contribution in [1.29, 1.82) is 0 Å². The molecule has 0 amide bonds. The lowest BCUT2D eigenvalue weighted by Gasteiger charge is -2.19. The first-order valence-electron chi connectivity index (χ1n) is 5.10. The zero-order valence-electron chi connectivity index (χ0n) is 9.33. The summed E-state index contributed by atoms with van der Waals surface area (Å²) in [6.45, 7) is 4.52. The van der Waals surface area contributed by atoms with E-state index in [9.17, 15) is 4.79 Å². The topological polar surface area (TPSA) is 84.0 Å². The number of oxazole rings is 1. The van der Waals surface area contributed by atoms with Gasteiger partial charge in [0.05, 0.1) is 5.52 Å². The molecule has 0 aliphatic heterocycles. The van der Waals surface area contributed by atoms with E-state index in [-0.39, 0.29) is 5.54 Å². The van der Waals surface area contributed by atoms with Gasteiger partial charge in [0.2, 0.25) is 0 Å². The number of benzene rings is 1. The predicted molar refractivity (Wildman–Crippen MR) is 63.6 cm³/mol. The smallest absolute Gasteiger partial charge is 0.408 e. The molecule has 0 bridgehead atoms. The number of H-pyrrole nitrogens is 1. The summed E-state index contributed by atoms with van der Waals surface area (Å²) < 4.78 is 4.96. The van der Waals surface area contributed by atoms with Gasteiger partial charge in [0.1, 0.15) is 0 Å². The van der Waals surface area contributed by atoms with Crippen LogP contribution in [0.2, 0.25) is 0 Å². The largest absolute Gasteiger partial charge is 0.417 e. The first kappa shape index (κ1) is 10.8. The zero-order valence-corrected chi connectivity index (χ0v) is 9.33. The molecule has 5 heteroatoms. The van der Waals surface area contributed by atoms with Crippen molar-refractivity contribution < 1.29 is 4.42 Å². The summed E-state index contributed by atoms with van der Waals surface area (Å²) in [6, 6.07) is 5.45. The Bertz CT molecular complexity index is 548. The molecule has 0 saturated heterocycles. The first-order valence-corrected chi connectivity index (χ1v) is 5.10. The Labute approximate surface area is 92.6 Å². The third kappa shape index (κ3) is 2.43. The Kier molecular flexibility index (Phi) is 2.47. The third-order valence-electron chi connectivity index (χ3n) is 2.17. The predicted octanol–water partition coefficient (Wildman–Crippen LogP) is 1.27. The monoisotopic (exact) mass is 221 g/mol. The van der Waals surface area contributed by atoms with Gasteiger partial charge in [0.25, 0.3) is 0 Å². The maximum absolute atomic E-state index is 11.0. The molecule has 0 aliphatic rings. The fourth-order valence-electron chi connectivity index (χ4n) is 1.39. The van der Waals surface area contributed by atoms with Crippen molar-refractivity contribution in [3.63, 3.8) is 0 Å². The number of hydrogen-bond acceptors (Lipinski definition) is 4. The fraction of sp³-hybridized carbons (Fsp3) is 0.364. The molecule has 0 fully saturated rings. The lowest BCUT2D eigenvalue weighted by molar-refractivity contribution is 0.548. The minimum absolute atomic E-state index is 0.284. The van der Waals surface area contributed by atoms with Crippen LogP contribution in [0.1, 0.15) is 13.8 Å². The number of fused-ring (bicyclic) bond motifs is 1. The van der Waals surface area contributed by atoms with Crippen LogP contribution in [-0.2, 0) is 0 Å². The van der Waals surface area contributed by atoms with Crippen molar-refractivity contribution >= 4 is 16.8 Å². The van der Waals surface area contributed by atoms with Gasteiger partial charge in [-0.05, 0) is 26.0 Å². The standard InChI is InChI=1S/C11H15N3O2/c1-11(2,12)6-13-7-3-4-8-9(5-7)16-10(15)14-8/h3-5,13H,6,12H2,1-2H3,(H,14,15). The van der Waals surface area contributed by atoms with E-state index in [2.05, 4.69) is 10.3 Å². The van der Waals surface area contributed by atoms with Crippen LogP contribution in [0.15, 0.2) is 27.4 Å². The van der Waals surface area contributed by atoms with Crippen molar-refractivity contribution in [2.75, 3.05) is 11.9 Å². The number of aromatic amines is 1. The van der Waals surface area contributed by atoms with Crippen LogP contribution in [0.25, 0.3) is 11.1 Å². The van der Waals surface area contributed by atoms with Gasteiger partial charge in [0, 0.05) is 23.8 Å². The quantitative estimate of drug-likeness (QED) is 0.728. The second kappa shape index (κ2) is 3.68. The molecular formula is C11H15N3O2. The SMILES string of the molecule is CC(C)(N)CNc1ccc2[nH]c(=O)oc2c1. The number of anilines is 1. The number of nitrogens with two attached hydrogens (primary N) is 1. The molecule has 4 N–H and O–H groups in total. The number of hydrogen-bond donors (Lipinski definition) is 3. The summed E-state index contributed by atoms with van der Waals surface area (Å²) in [5.41, 5.74) is 7.70. The van der Waals surface area contributed by atoms with Gasteiger partial charge in [-0.15, -0.1) is 0 Å². The second-order valence-electron chi connectivity index (χ2n) is 4.57. The van der Waals surface area contributed by atoms with Crippen LogP contribution in [0.4, 0.5) is 5.69 Å². The maximum atomic E-state index is 11.0. The van der Waals surface area contributed by atoms with E-state index in [1.165, 1.54) is 0 Å². The maximum Gasteiger partial charge on any atom is 0.417 e. The fourth-order valence-corrected chi connectivity index (χ4v) is 1.39. The van der Waals surface area contributed by atoms with Crippen molar-refractivity contribution in [3.05, 3.63) is 28.7 Å². The van der Waals surface area contributed by atoms with Crippen LogP contribution in [0.3, 0.4) is 0 Å². The van der Waals surface area contributed by atoms with Gasteiger partial charge in [0.15, 0.2) is 5.58 Å². The van der Waals surface area contributed by atoms with E-state index < -0.39 is 5.76 Å². The molecule has 5 nitrogen and oxygen atoms in total. The van der Waals surface area contributed by atoms with Gasteiger partial charge in [-0.25, -0.2) is 4.79 Å². The lowest BCUT2D eigenvalue weighted by atomic mass is 10.1. The van der Waals surface area contributed by atoms with Gasteiger partial charge < -0.3 is 15.5 Å². The Morgan fingerprint density at radius 1 is 1.50 bits per heavy atom. The number of aromatic nitrogens is 1. The average Bonchev–Trinajstić information content (AvgIpc) is 2.52. The van der Waals surface area contributed by atoms with E-state index >= 15 is 0 Å². The molecule has 1 aromatic heterocycles. The summed E-state index contributed by atoms with van der Waals surface area (Å²) in [6.07, 6.45) is 0. The second-order valence-corrected chi connectivity index (χ2v) is 4.57. The molecule has 2 aromatic rings. The number of rotatable bonds is 3. The first-order chi connectivity index (χ1) is 7.44. The minimum atomic E-state index is -0.439. The molecule has 0 saturated carbocycles.